The van der Waals surface area contributed by atoms with Crippen LogP contribution >= 0.6 is 0 Å². The van der Waals surface area contributed by atoms with Crippen molar-refractivity contribution in [3.8, 4) is 45.5 Å². The number of benzene rings is 6. The normalized spacial score (nSPS) is 12.2. The van der Waals surface area contributed by atoms with Crippen molar-refractivity contribution in [1.82, 2.24) is 19.1 Å². The van der Waals surface area contributed by atoms with Gasteiger partial charge in [0.05, 0.1) is 33.1 Å². The largest absolute Gasteiger partial charge is 0.456 e. The van der Waals surface area contributed by atoms with Gasteiger partial charge in [-0.2, -0.15) is 0 Å². The molecule has 1 aliphatic rings. The van der Waals surface area contributed by atoms with Gasteiger partial charge in [-0.3, -0.25) is 0 Å². The van der Waals surface area contributed by atoms with Crippen LogP contribution in [-0.4, -0.2) is 19.1 Å². The predicted octanol–water partition coefficient (Wildman–Crippen LogP) is 10.1. The molecule has 0 saturated carbocycles. The van der Waals surface area contributed by atoms with Gasteiger partial charge in [0.1, 0.15) is 11.5 Å². The molecule has 5 nitrogen and oxygen atoms in total. The fourth-order valence-corrected chi connectivity index (χ4v) is 6.97. The molecule has 3 aromatic heterocycles. The van der Waals surface area contributed by atoms with Crippen molar-refractivity contribution in [3.05, 3.63) is 146 Å². The van der Waals surface area contributed by atoms with Crippen LogP contribution in [-0.2, 0) is 0 Å². The van der Waals surface area contributed by atoms with Crippen LogP contribution in [0.4, 0.5) is 0 Å². The number of ether oxygens (including phenoxy) is 1. The minimum absolute atomic E-state index is 0.700. The Morgan fingerprint density at radius 1 is 0.489 bits per heavy atom. The fourth-order valence-electron chi connectivity index (χ4n) is 6.97. The molecule has 0 saturated heterocycles. The van der Waals surface area contributed by atoms with Gasteiger partial charge in [0.2, 0.25) is 0 Å². The monoisotopic (exact) mass is 576 g/mol. The summed E-state index contributed by atoms with van der Waals surface area (Å²) >= 11 is 0. The van der Waals surface area contributed by atoms with E-state index in [0.717, 1.165) is 50.6 Å². The van der Waals surface area contributed by atoms with Crippen LogP contribution in [0, 0.1) is 0 Å². The van der Waals surface area contributed by atoms with Gasteiger partial charge < -0.3 is 13.9 Å². The molecule has 0 amide bonds. The van der Waals surface area contributed by atoms with Crippen LogP contribution in [0.25, 0.3) is 77.6 Å². The molecule has 1 aliphatic heterocycles. The van der Waals surface area contributed by atoms with E-state index in [1.54, 1.807) is 0 Å². The summed E-state index contributed by atoms with van der Waals surface area (Å²) in [6.45, 7) is 0. The first-order chi connectivity index (χ1) is 22.3. The van der Waals surface area contributed by atoms with E-state index in [1.165, 1.54) is 32.7 Å². The Hall–Kier alpha value is -6.20. The van der Waals surface area contributed by atoms with E-state index in [0.29, 0.717) is 5.82 Å². The summed E-state index contributed by atoms with van der Waals surface area (Å²) in [5.41, 5.74) is 9.57. The maximum absolute atomic E-state index is 6.18. The smallest absolute Gasteiger partial charge is 0.160 e. The third-order valence-corrected chi connectivity index (χ3v) is 8.97. The fraction of sp³-hybridized carbons (Fsp3) is 0. The van der Waals surface area contributed by atoms with E-state index in [2.05, 4.69) is 118 Å². The lowest BCUT2D eigenvalue weighted by atomic mass is 10.0. The molecule has 4 heterocycles. The minimum Gasteiger partial charge on any atom is -0.456 e. The summed E-state index contributed by atoms with van der Waals surface area (Å²) in [5.74, 6) is 2.31. The van der Waals surface area contributed by atoms with Crippen molar-refractivity contribution in [2.45, 2.75) is 0 Å². The average molecular weight is 577 g/mol. The number of para-hydroxylation sites is 3. The number of rotatable bonds is 3. The molecule has 210 valence electrons. The lowest BCUT2D eigenvalue weighted by Gasteiger charge is -2.20. The molecule has 10 rings (SSSR count). The predicted molar refractivity (Wildman–Crippen MR) is 182 cm³/mol. The summed E-state index contributed by atoms with van der Waals surface area (Å²) in [5, 5.41) is 4.71. The van der Waals surface area contributed by atoms with E-state index in [-0.39, 0.29) is 0 Å². The second kappa shape index (κ2) is 9.15. The van der Waals surface area contributed by atoms with Crippen LogP contribution in [0.1, 0.15) is 0 Å². The van der Waals surface area contributed by atoms with Crippen LogP contribution in [0.15, 0.2) is 146 Å². The molecular formula is C40H24N4O. The molecule has 0 fully saturated rings. The first kappa shape index (κ1) is 24.3. The molecule has 0 aliphatic carbocycles. The molecule has 0 unspecified atom stereocenters. The summed E-state index contributed by atoms with van der Waals surface area (Å²) in [4.78, 5) is 10.0. The second-order valence-corrected chi connectivity index (χ2v) is 11.5. The Balaban J connectivity index is 1.10. The summed E-state index contributed by atoms with van der Waals surface area (Å²) in [6, 6.07) is 48.6. The SMILES string of the molecule is c1ccc(-n2c3ccccc3c3c4ccn(-c5ccc(-c6nc7c8c(cccc8n6)Oc6ccccc6-7)cc5)c4ccc32)cc1. The van der Waals surface area contributed by atoms with Crippen molar-refractivity contribution in [2.75, 3.05) is 0 Å². The molecule has 6 aromatic carbocycles. The van der Waals surface area contributed by atoms with Gasteiger partial charge in [-0.05, 0) is 84.9 Å². The van der Waals surface area contributed by atoms with Crippen molar-refractivity contribution in [2.24, 2.45) is 0 Å². The van der Waals surface area contributed by atoms with Gasteiger partial charge in [-0.1, -0.05) is 54.6 Å². The topological polar surface area (TPSA) is 44.9 Å². The molecule has 0 spiro atoms. The highest BCUT2D eigenvalue weighted by Crippen LogP contribution is 2.45. The number of nitrogens with zero attached hydrogens (tertiary/aromatic N) is 4. The van der Waals surface area contributed by atoms with Gasteiger partial charge in [0, 0.05) is 44.9 Å². The van der Waals surface area contributed by atoms with Crippen LogP contribution < -0.4 is 4.74 Å². The Kier molecular flexibility index (Phi) is 4.93. The molecular weight excluding hydrogens is 552 g/mol. The van der Waals surface area contributed by atoms with E-state index < -0.39 is 0 Å². The van der Waals surface area contributed by atoms with E-state index >= 15 is 0 Å². The molecule has 9 aromatic rings. The Morgan fingerprint density at radius 2 is 1.24 bits per heavy atom. The van der Waals surface area contributed by atoms with Crippen molar-refractivity contribution in [3.63, 3.8) is 0 Å². The summed E-state index contributed by atoms with van der Waals surface area (Å²) in [7, 11) is 0. The summed E-state index contributed by atoms with van der Waals surface area (Å²) < 4.78 is 10.8. The van der Waals surface area contributed by atoms with Gasteiger partial charge in [0.25, 0.3) is 0 Å². The molecule has 0 N–H and O–H groups in total. The molecule has 0 radical (unpaired) electrons. The first-order valence-electron chi connectivity index (χ1n) is 15.1. The van der Waals surface area contributed by atoms with Crippen LogP contribution in [0.3, 0.4) is 0 Å². The van der Waals surface area contributed by atoms with E-state index in [4.69, 9.17) is 14.7 Å². The van der Waals surface area contributed by atoms with Crippen molar-refractivity contribution in [1.29, 1.82) is 0 Å². The average Bonchev–Trinajstić information content (AvgIpc) is 3.68. The zero-order valence-electron chi connectivity index (χ0n) is 24.1. The third kappa shape index (κ3) is 3.49. The molecule has 45 heavy (non-hydrogen) atoms. The van der Waals surface area contributed by atoms with E-state index in [1.807, 2.05) is 36.4 Å². The summed E-state index contributed by atoms with van der Waals surface area (Å²) in [6.07, 6.45) is 2.17. The quantitative estimate of drug-likeness (QED) is 0.210. The zero-order chi connectivity index (χ0) is 29.5. The highest BCUT2D eigenvalue weighted by molar-refractivity contribution is 6.21. The first-order valence-corrected chi connectivity index (χ1v) is 15.1. The number of hydrogen-bond donors (Lipinski definition) is 0. The number of hydrogen-bond acceptors (Lipinski definition) is 3. The number of aromatic nitrogens is 4. The van der Waals surface area contributed by atoms with Crippen LogP contribution in [0.2, 0.25) is 0 Å². The highest BCUT2D eigenvalue weighted by Gasteiger charge is 2.23. The Morgan fingerprint density at radius 3 is 2.16 bits per heavy atom. The molecule has 5 heteroatoms. The zero-order valence-corrected chi connectivity index (χ0v) is 24.1. The molecule has 0 atom stereocenters. The van der Waals surface area contributed by atoms with Crippen molar-refractivity contribution < 1.29 is 4.74 Å². The van der Waals surface area contributed by atoms with Gasteiger partial charge in [-0.15, -0.1) is 0 Å². The van der Waals surface area contributed by atoms with Gasteiger partial charge in [-0.25, -0.2) is 9.97 Å². The lowest BCUT2D eigenvalue weighted by Crippen LogP contribution is -2.02. The lowest BCUT2D eigenvalue weighted by molar-refractivity contribution is 0.486. The maximum Gasteiger partial charge on any atom is 0.160 e. The highest BCUT2D eigenvalue weighted by atomic mass is 16.5. The second-order valence-electron chi connectivity index (χ2n) is 11.5. The number of fused-ring (bicyclic) bond motifs is 7. The maximum atomic E-state index is 6.18. The van der Waals surface area contributed by atoms with Crippen LogP contribution in [0.5, 0.6) is 11.5 Å². The molecule has 0 bridgehead atoms. The van der Waals surface area contributed by atoms with E-state index in [9.17, 15) is 0 Å². The standard InChI is InChI=1S/C40H24N4O/c1-2-9-27(10-3-1)44-33-14-6-4-11-28(33)37-29-23-24-43(32(29)21-22-34(37)44)26-19-17-25(18-20-26)40-41-31-13-8-16-36-38(31)39(42-40)30-12-5-7-15-35(30)45-36/h1-24H. The van der Waals surface area contributed by atoms with Gasteiger partial charge in [0.15, 0.2) is 5.82 Å². The Bertz CT molecular complexity index is 2610. The van der Waals surface area contributed by atoms with Gasteiger partial charge >= 0.3 is 0 Å². The Labute approximate surface area is 258 Å². The van der Waals surface area contributed by atoms with Crippen molar-refractivity contribution >= 4 is 43.6 Å². The third-order valence-electron chi connectivity index (χ3n) is 8.97. The minimum atomic E-state index is 0.700.